The van der Waals surface area contributed by atoms with Crippen molar-refractivity contribution in [2.45, 2.75) is 56.9 Å². The van der Waals surface area contributed by atoms with Gasteiger partial charge < -0.3 is 5.32 Å². The standard InChI is InChI=1S/C23H28N4O3S2/c1-15-8-9-19(12-21(15)32(29,30)27-10-6-5-7-11-27)26-22(28)14-31-23-20(13-24)17(3)16(2)18(4)25-23/h8-9,12H,5-7,10-11,14H2,1-4H3,(H,26,28). The Bertz CT molecular complexity index is 1180. The first-order valence-corrected chi connectivity index (χ1v) is 13.0. The van der Waals surface area contributed by atoms with Crippen molar-refractivity contribution in [2.75, 3.05) is 24.2 Å². The zero-order chi connectivity index (χ0) is 23.5. The minimum absolute atomic E-state index is 0.0612. The van der Waals surface area contributed by atoms with Crippen LogP contribution in [0.25, 0.3) is 0 Å². The second-order valence-corrected chi connectivity index (χ2v) is 10.9. The number of nitrogens with zero attached hydrogens (tertiary/aromatic N) is 3. The third-order valence-corrected chi connectivity index (χ3v) is 8.84. The van der Waals surface area contributed by atoms with Gasteiger partial charge in [0.2, 0.25) is 15.9 Å². The van der Waals surface area contributed by atoms with Crippen LogP contribution in [-0.2, 0) is 14.8 Å². The lowest BCUT2D eigenvalue weighted by atomic mass is 10.1. The minimum atomic E-state index is -3.60. The highest BCUT2D eigenvalue weighted by atomic mass is 32.2. The van der Waals surface area contributed by atoms with Gasteiger partial charge >= 0.3 is 0 Å². The summed E-state index contributed by atoms with van der Waals surface area (Å²) in [7, 11) is -3.60. The van der Waals surface area contributed by atoms with Gasteiger partial charge in [0.15, 0.2) is 0 Å². The van der Waals surface area contributed by atoms with E-state index in [1.807, 2.05) is 20.8 Å². The molecule has 1 amide bonds. The van der Waals surface area contributed by atoms with Crippen molar-refractivity contribution in [1.29, 1.82) is 5.26 Å². The molecule has 1 aliphatic heterocycles. The van der Waals surface area contributed by atoms with Crippen molar-refractivity contribution >= 4 is 33.4 Å². The van der Waals surface area contributed by atoms with Crippen molar-refractivity contribution in [3.05, 3.63) is 46.1 Å². The lowest BCUT2D eigenvalue weighted by Crippen LogP contribution is -2.36. The first-order chi connectivity index (χ1) is 15.1. The summed E-state index contributed by atoms with van der Waals surface area (Å²) >= 11 is 1.20. The summed E-state index contributed by atoms with van der Waals surface area (Å²) in [4.78, 5) is 17.3. The van der Waals surface area contributed by atoms with Crippen LogP contribution < -0.4 is 5.32 Å². The molecule has 1 aromatic heterocycles. The predicted molar refractivity (Wildman–Crippen MR) is 126 cm³/mol. The summed E-state index contributed by atoms with van der Waals surface area (Å²) in [6.07, 6.45) is 2.77. The molecular formula is C23H28N4O3S2. The molecule has 32 heavy (non-hydrogen) atoms. The monoisotopic (exact) mass is 472 g/mol. The van der Waals surface area contributed by atoms with Gasteiger partial charge in [0.05, 0.1) is 16.2 Å². The summed E-state index contributed by atoms with van der Waals surface area (Å²) < 4.78 is 27.7. The summed E-state index contributed by atoms with van der Waals surface area (Å²) in [6, 6.07) is 7.12. The second kappa shape index (κ2) is 10.0. The van der Waals surface area contributed by atoms with Crippen LogP contribution in [0.5, 0.6) is 0 Å². The number of amides is 1. The summed E-state index contributed by atoms with van der Waals surface area (Å²) in [5.41, 5.74) is 4.23. The molecule has 0 atom stereocenters. The molecule has 0 radical (unpaired) electrons. The molecule has 3 rings (SSSR count). The quantitative estimate of drug-likeness (QED) is 0.635. The highest BCUT2D eigenvalue weighted by Crippen LogP contribution is 2.28. The molecule has 0 spiro atoms. The van der Waals surface area contributed by atoms with Crippen LogP contribution in [0.15, 0.2) is 28.1 Å². The molecule has 1 fully saturated rings. The molecule has 1 N–H and O–H groups in total. The summed E-state index contributed by atoms with van der Waals surface area (Å²) in [5, 5.41) is 12.8. The number of sulfonamides is 1. The topological polar surface area (TPSA) is 103 Å². The maximum absolute atomic E-state index is 13.1. The molecule has 1 saturated heterocycles. The smallest absolute Gasteiger partial charge is 0.243 e. The van der Waals surface area contributed by atoms with E-state index >= 15 is 0 Å². The highest BCUT2D eigenvalue weighted by Gasteiger charge is 2.27. The number of carbonyl (C=O) groups is 1. The van der Waals surface area contributed by atoms with Crippen molar-refractivity contribution < 1.29 is 13.2 Å². The molecule has 0 aliphatic carbocycles. The van der Waals surface area contributed by atoms with Crippen LogP contribution in [0.4, 0.5) is 5.69 Å². The maximum atomic E-state index is 13.1. The number of hydrogen-bond donors (Lipinski definition) is 1. The molecule has 0 bridgehead atoms. The largest absolute Gasteiger partial charge is 0.325 e. The normalized spacial score (nSPS) is 14.7. The first kappa shape index (κ1) is 24.2. The minimum Gasteiger partial charge on any atom is -0.325 e. The Morgan fingerprint density at radius 1 is 1.16 bits per heavy atom. The third-order valence-electron chi connectivity index (χ3n) is 5.82. The van der Waals surface area contributed by atoms with Crippen LogP contribution in [0.1, 0.15) is 47.2 Å². The molecule has 2 heterocycles. The Labute approximate surface area is 194 Å². The predicted octanol–water partition coefficient (Wildman–Crippen LogP) is 4.09. The van der Waals surface area contributed by atoms with Crippen LogP contribution in [-0.4, -0.2) is 42.5 Å². The first-order valence-electron chi connectivity index (χ1n) is 10.6. The molecule has 9 heteroatoms. The average molecular weight is 473 g/mol. The van der Waals surface area contributed by atoms with Crippen LogP contribution in [0.3, 0.4) is 0 Å². The SMILES string of the molecule is Cc1ccc(NC(=O)CSc2nc(C)c(C)c(C)c2C#N)cc1S(=O)(=O)N1CCCCC1. The lowest BCUT2D eigenvalue weighted by Gasteiger charge is -2.26. The van der Waals surface area contributed by atoms with Gasteiger partial charge in [-0.3, -0.25) is 4.79 Å². The van der Waals surface area contributed by atoms with E-state index in [9.17, 15) is 18.5 Å². The number of carbonyl (C=O) groups excluding carboxylic acids is 1. The van der Waals surface area contributed by atoms with E-state index in [4.69, 9.17) is 0 Å². The Morgan fingerprint density at radius 3 is 2.50 bits per heavy atom. The van der Waals surface area contributed by atoms with Gasteiger partial charge in [-0.15, -0.1) is 0 Å². The zero-order valence-electron chi connectivity index (χ0n) is 18.9. The fourth-order valence-electron chi connectivity index (χ4n) is 3.68. The van der Waals surface area contributed by atoms with E-state index in [0.29, 0.717) is 34.9 Å². The van der Waals surface area contributed by atoms with Crippen molar-refractivity contribution in [1.82, 2.24) is 9.29 Å². The molecule has 0 saturated carbocycles. The highest BCUT2D eigenvalue weighted by molar-refractivity contribution is 8.00. The number of rotatable bonds is 6. The Kier molecular flexibility index (Phi) is 7.59. The molecule has 170 valence electrons. The zero-order valence-corrected chi connectivity index (χ0v) is 20.5. The maximum Gasteiger partial charge on any atom is 0.243 e. The summed E-state index contributed by atoms with van der Waals surface area (Å²) in [5.74, 6) is -0.229. The van der Waals surface area contributed by atoms with Crippen molar-refractivity contribution in [3.8, 4) is 6.07 Å². The number of aromatic nitrogens is 1. The van der Waals surface area contributed by atoms with E-state index in [1.165, 1.54) is 22.1 Å². The van der Waals surface area contributed by atoms with Gasteiger partial charge in [-0.2, -0.15) is 9.57 Å². The van der Waals surface area contributed by atoms with Gasteiger partial charge in [-0.05, 0) is 69.4 Å². The van der Waals surface area contributed by atoms with E-state index in [2.05, 4.69) is 16.4 Å². The van der Waals surface area contributed by atoms with Gasteiger partial charge in [0.25, 0.3) is 0 Å². The van der Waals surface area contributed by atoms with Gasteiger partial charge in [-0.1, -0.05) is 24.2 Å². The Hall–Kier alpha value is -2.41. The molecule has 2 aromatic rings. The number of thioether (sulfide) groups is 1. The number of nitrogens with one attached hydrogen (secondary N) is 1. The average Bonchev–Trinajstić information content (AvgIpc) is 2.78. The van der Waals surface area contributed by atoms with Gasteiger partial charge in [-0.25, -0.2) is 13.4 Å². The number of pyridine rings is 1. The van der Waals surface area contributed by atoms with Crippen LogP contribution >= 0.6 is 11.8 Å². The number of aryl methyl sites for hydroxylation is 2. The molecule has 1 aliphatic rings. The Morgan fingerprint density at radius 2 is 1.84 bits per heavy atom. The van der Waals surface area contributed by atoms with Crippen molar-refractivity contribution in [3.63, 3.8) is 0 Å². The molecule has 1 aromatic carbocycles. The van der Waals surface area contributed by atoms with Gasteiger partial charge in [0.1, 0.15) is 11.1 Å². The number of anilines is 1. The molecular weight excluding hydrogens is 444 g/mol. The van der Waals surface area contributed by atoms with Crippen LogP contribution in [0.2, 0.25) is 0 Å². The van der Waals surface area contributed by atoms with E-state index in [0.717, 1.165) is 36.1 Å². The van der Waals surface area contributed by atoms with E-state index < -0.39 is 10.0 Å². The molecule has 7 nitrogen and oxygen atoms in total. The fourth-order valence-corrected chi connectivity index (χ4v) is 6.33. The lowest BCUT2D eigenvalue weighted by molar-refractivity contribution is -0.113. The number of nitriles is 1. The number of hydrogen-bond acceptors (Lipinski definition) is 6. The number of benzene rings is 1. The van der Waals surface area contributed by atoms with Crippen molar-refractivity contribution in [2.24, 2.45) is 0 Å². The van der Waals surface area contributed by atoms with E-state index in [1.54, 1.807) is 19.1 Å². The van der Waals surface area contributed by atoms with E-state index in [-0.39, 0.29) is 16.6 Å². The third kappa shape index (κ3) is 5.14. The number of piperidine rings is 1. The summed E-state index contributed by atoms with van der Waals surface area (Å²) in [6.45, 7) is 8.49. The fraction of sp³-hybridized carbons (Fsp3) is 0.435. The Balaban J connectivity index is 1.74. The van der Waals surface area contributed by atoms with Crippen LogP contribution in [0, 0.1) is 39.0 Å². The molecule has 0 unspecified atom stereocenters. The second-order valence-electron chi connectivity index (χ2n) is 8.02. The van der Waals surface area contributed by atoms with Gasteiger partial charge in [0, 0.05) is 24.5 Å².